The molecule has 34 heavy (non-hydrogen) atoms. The van der Waals surface area contributed by atoms with Crippen LogP contribution in [-0.4, -0.2) is 95.1 Å². The van der Waals surface area contributed by atoms with Crippen molar-refractivity contribution in [3.63, 3.8) is 0 Å². The molecule has 3 aliphatic heterocycles. The van der Waals surface area contributed by atoms with Crippen molar-refractivity contribution in [2.45, 2.75) is 76.5 Å². The Morgan fingerprint density at radius 3 is 2.38 bits per heavy atom. The number of carbonyl (C=O) groups is 5. The Labute approximate surface area is 205 Å². The highest BCUT2D eigenvalue weighted by Crippen LogP contribution is 2.26. The van der Waals surface area contributed by atoms with E-state index in [4.69, 9.17) is 0 Å². The predicted molar refractivity (Wildman–Crippen MR) is 129 cm³/mol. The number of amides is 5. The van der Waals surface area contributed by atoms with E-state index >= 15 is 0 Å². The fraction of sp³-hybridized carbons (Fsp3) is 0.783. The molecule has 4 atom stereocenters. The summed E-state index contributed by atoms with van der Waals surface area (Å²) >= 11 is 1.67. The van der Waals surface area contributed by atoms with Gasteiger partial charge in [-0.2, -0.15) is 11.8 Å². The third-order valence-electron chi connectivity index (χ3n) is 6.78. The van der Waals surface area contributed by atoms with Crippen LogP contribution in [-0.2, 0) is 24.0 Å². The Balaban J connectivity index is 1.88. The minimum Gasteiger partial charge on any atom is -0.354 e. The Morgan fingerprint density at radius 2 is 1.71 bits per heavy atom. The lowest BCUT2D eigenvalue weighted by Gasteiger charge is -2.31. The summed E-state index contributed by atoms with van der Waals surface area (Å²) < 4.78 is 0. The monoisotopic (exact) mass is 495 g/mol. The quantitative estimate of drug-likeness (QED) is 0.441. The summed E-state index contributed by atoms with van der Waals surface area (Å²) in [6, 6.07) is -3.25. The van der Waals surface area contributed by atoms with E-state index in [2.05, 4.69) is 16.0 Å². The highest BCUT2D eigenvalue weighted by molar-refractivity contribution is 7.98. The van der Waals surface area contributed by atoms with E-state index in [-0.39, 0.29) is 30.1 Å². The molecule has 11 heteroatoms. The average molecular weight is 496 g/mol. The van der Waals surface area contributed by atoms with Crippen molar-refractivity contribution in [2.24, 2.45) is 5.92 Å². The molecule has 3 rings (SSSR count). The van der Waals surface area contributed by atoms with E-state index in [0.717, 1.165) is 12.2 Å². The van der Waals surface area contributed by atoms with Crippen LogP contribution in [0.2, 0.25) is 0 Å². The van der Waals surface area contributed by atoms with E-state index in [1.54, 1.807) is 30.5 Å². The molecule has 0 unspecified atom stereocenters. The summed E-state index contributed by atoms with van der Waals surface area (Å²) in [6.07, 6.45) is 4.95. The number of hydrogen-bond acceptors (Lipinski definition) is 6. The van der Waals surface area contributed by atoms with Gasteiger partial charge in [0.25, 0.3) is 0 Å². The molecule has 3 N–H and O–H groups in total. The van der Waals surface area contributed by atoms with Gasteiger partial charge in [0.1, 0.15) is 24.2 Å². The highest BCUT2D eigenvalue weighted by atomic mass is 32.2. The van der Waals surface area contributed by atoms with Crippen LogP contribution in [0.3, 0.4) is 0 Å². The van der Waals surface area contributed by atoms with Gasteiger partial charge in [-0.05, 0) is 50.0 Å². The van der Waals surface area contributed by atoms with Gasteiger partial charge < -0.3 is 25.8 Å². The first kappa shape index (κ1) is 26.3. The largest absolute Gasteiger partial charge is 0.354 e. The molecule has 10 nitrogen and oxygen atoms in total. The third kappa shape index (κ3) is 6.03. The average Bonchev–Trinajstić information content (AvgIpc) is 3.48. The van der Waals surface area contributed by atoms with Gasteiger partial charge in [-0.3, -0.25) is 24.0 Å². The maximum Gasteiger partial charge on any atom is 0.246 e. The molecule has 0 aromatic heterocycles. The number of fused-ring (bicyclic) bond motifs is 2. The van der Waals surface area contributed by atoms with Crippen LogP contribution in [0, 0.1) is 5.92 Å². The van der Waals surface area contributed by atoms with Crippen LogP contribution in [0.15, 0.2) is 0 Å². The molecule has 190 valence electrons. The van der Waals surface area contributed by atoms with Crippen LogP contribution >= 0.6 is 11.8 Å². The van der Waals surface area contributed by atoms with E-state index < -0.39 is 36.0 Å². The van der Waals surface area contributed by atoms with Crippen molar-refractivity contribution in [3.05, 3.63) is 0 Å². The molecular weight excluding hydrogens is 458 g/mol. The number of thioether (sulfide) groups is 1. The van der Waals surface area contributed by atoms with Gasteiger partial charge in [0.05, 0.1) is 6.42 Å². The summed E-state index contributed by atoms with van der Waals surface area (Å²) in [5.41, 5.74) is 0. The summed E-state index contributed by atoms with van der Waals surface area (Å²) in [6.45, 7) is 4.92. The highest BCUT2D eigenvalue weighted by Gasteiger charge is 2.44. The molecule has 3 saturated heterocycles. The van der Waals surface area contributed by atoms with Gasteiger partial charge in [-0.1, -0.05) is 13.8 Å². The number of hydrogen-bond donors (Lipinski definition) is 3. The molecule has 3 heterocycles. The lowest BCUT2D eigenvalue weighted by molar-refractivity contribution is -0.147. The van der Waals surface area contributed by atoms with Crippen molar-refractivity contribution in [1.29, 1.82) is 0 Å². The SMILES string of the molecule is CSCCCNC(=O)[C@H]1CC(=O)N2CCC[C@@H]2C(=O)N2CCC[C@H]2C(=O)N[C@@H](C(C)C)C(=O)N1. The summed E-state index contributed by atoms with van der Waals surface area (Å²) in [7, 11) is 0. The lowest BCUT2D eigenvalue weighted by atomic mass is 10.0. The van der Waals surface area contributed by atoms with Crippen molar-refractivity contribution >= 4 is 41.3 Å². The van der Waals surface area contributed by atoms with Gasteiger partial charge >= 0.3 is 0 Å². The molecule has 0 radical (unpaired) electrons. The van der Waals surface area contributed by atoms with Crippen LogP contribution in [0.5, 0.6) is 0 Å². The molecule has 0 aromatic carbocycles. The molecule has 3 fully saturated rings. The lowest BCUT2D eigenvalue weighted by Crippen LogP contribution is -2.58. The molecule has 5 amide bonds. The van der Waals surface area contributed by atoms with E-state index in [1.807, 2.05) is 6.26 Å². The smallest absolute Gasteiger partial charge is 0.246 e. The van der Waals surface area contributed by atoms with Crippen LogP contribution in [0.4, 0.5) is 0 Å². The zero-order valence-corrected chi connectivity index (χ0v) is 21.1. The summed E-state index contributed by atoms with van der Waals surface area (Å²) in [5, 5.41) is 8.33. The number of nitrogens with one attached hydrogen (secondary N) is 3. The fourth-order valence-corrected chi connectivity index (χ4v) is 5.35. The summed E-state index contributed by atoms with van der Waals surface area (Å²) in [5.74, 6) is -1.23. The molecule has 0 aliphatic carbocycles. The van der Waals surface area contributed by atoms with Crippen molar-refractivity contribution in [2.75, 3.05) is 31.6 Å². The minimum absolute atomic E-state index is 0.221. The second-order valence-corrected chi connectivity index (χ2v) is 10.6. The van der Waals surface area contributed by atoms with Crippen LogP contribution < -0.4 is 16.0 Å². The number of nitrogens with zero attached hydrogens (tertiary/aromatic N) is 2. The van der Waals surface area contributed by atoms with Gasteiger partial charge in [0.15, 0.2) is 0 Å². The molecule has 3 aliphatic rings. The Morgan fingerprint density at radius 1 is 1.03 bits per heavy atom. The van der Waals surface area contributed by atoms with E-state index in [0.29, 0.717) is 45.3 Å². The molecule has 0 bridgehead atoms. The summed E-state index contributed by atoms with van der Waals surface area (Å²) in [4.78, 5) is 69.0. The minimum atomic E-state index is -1.08. The zero-order valence-electron chi connectivity index (χ0n) is 20.3. The first-order valence-corrected chi connectivity index (χ1v) is 13.6. The molecule has 0 spiro atoms. The fourth-order valence-electron chi connectivity index (χ4n) is 4.91. The number of carbonyl (C=O) groups excluding carboxylic acids is 5. The second kappa shape index (κ2) is 11.9. The first-order valence-electron chi connectivity index (χ1n) is 12.2. The van der Waals surface area contributed by atoms with Crippen LogP contribution in [0.25, 0.3) is 0 Å². The van der Waals surface area contributed by atoms with Gasteiger partial charge in [-0.25, -0.2) is 0 Å². The predicted octanol–water partition coefficient (Wildman–Crippen LogP) is -0.133. The normalized spacial score (nSPS) is 28.5. The maximum absolute atomic E-state index is 13.4. The van der Waals surface area contributed by atoms with Crippen molar-refractivity contribution in [3.8, 4) is 0 Å². The molecule has 0 saturated carbocycles. The second-order valence-electron chi connectivity index (χ2n) is 9.57. The number of rotatable bonds is 6. The standard InChI is InChI=1S/C23H37N5O5S/c1-14(2)19-22(32)25-15(20(30)24-9-6-12-34-3)13-18(29)27-10-5-8-17(27)23(33)28-11-4-7-16(28)21(31)26-19/h14-17,19H,4-13H2,1-3H3,(H,24,30)(H,25,32)(H,26,31)/t15-,16+,17-,19+/m1/s1. The Hall–Kier alpha value is -2.30. The van der Waals surface area contributed by atoms with Crippen LogP contribution in [0.1, 0.15) is 52.4 Å². The van der Waals surface area contributed by atoms with E-state index in [1.165, 1.54) is 4.90 Å². The zero-order chi connectivity index (χ0) is 24.8. The molecular formula is C23H37N5O5S. The molecule has 0 aromatic rings. The van der Waals surface area contributed by atoms with Crippen molar-refractivity contribution in [1.82, 2.24) is 25.8 Å². The Bertz CT molecular complexity index is 797. The topological polar surface area (TPSA) is 128 Å². The van der Waals surface area contributed by atoms with E-state index in [9.17, 15) is 24.0 Å². The van der Waals surface area contributed by atoms with Crippen molar-refractivity contribution < 1.29 is 24.0 Å². The maximum atomic E-state index is 13.4. The van der Waals surface area contributed by atoms with Gasteiger partial charge in [0.2, 0.25) is 29.5 Å². The van der Waals surface area contributed by atoms with Gasteiger partial charge in [-0.15, -0.1) is 0 Å². The Kier molecular flexibility index (Phi) is 9.21. The van der Waals surface area contributed by atoms with Gasteiger partial charge in [0, 0.05) is 19.6 Å². The third-order valence-corrected chi connectivity index (χ3v) is 7.48. The first-order chi connectivity index (χ1) is 16.2.